The topological polar surface area (TPSA) is 57.8 Å². The van der Waals surface area contributed by atoms with E-state index >= 15 is 0 Å². The maximum atomic E-state index is 11.4. The van der Waals surface area contributed by atoms with Gasteiger partial charge in [-0.2, -0.15) is 0 Å². The number of nitrogens with zero attached hydrogens (tertiary/aromatic N) is 1. The van der Waals surface area contributed by atoms with Crippen molar-refractivity contribution in [1.82, 2.24) is 9.97 Å². The van der Waals surface area contributed by atoms with Gasteiger partial charge in [0.25, 0.3) is 5.56 Å². The summed E-state index contributed by atoms with van der Waals surface area (Å²) in [5.74, 6) is 0.544. The summed E-state index contributed by atoms with van der Waals surface area (Å²) in [6.07, 6.45) is 0. The molecule has 0 amide bonds. The predicted octanol–water partition coefficient (Wildman–Crippen LogP) is 1.42. The van der Waals surface area contributed by atoms with Gasteiger partial charge in [-0.3, -0.25) is 9.78 Å². The highest BCUT2D eigenvalue weighted by atomic mass is 32.1. The van der Waals surface area contributed by atoms with Gasteiger partial charge >= 0.3 is 0 Å². The average Bonchev–Trinajstić information content (AvgIpc) is 2.53. The van der Waals surface area contributed by atoms with Crippen LogP contribution in [0, 0.1) is 0 Å². The molecule has 2 aromatic heterocycles. The number of hydrogen-bond donors (Lipinski definition) is 2. The maximum Gasteiger partial charge on any atom is 0.261 e. The minimum atomic E-state index is -0.0813. The molecule has 0 aliphatic rings. The zero-order chi connectivity index (χ0) is 9.26. The van der Waals surface area contributed by atoms with E-state index in [1.165, 1.54) is 11.3 Å². The number of hydrogen-bond acceptors (Lipinski definition) is 4. The summed E-state index contributed by atoms with van der Waals surface area (Å²) in [5, 5.41) is 5.49. The summed E-state index contributed by atoms with van der Waals surface area (Å²) in [5.41, 5.74) is -0.0813. The molecule has 2 heterocycles. The van der Waals surface area contributed by atoms with Crippen molar-refractivity contribution in [3.63, 3.8) is 0 Å². The van der Waals surface area contributed by atoms with E-state index in [2.05, 4.69) is 15.3 Å². The van der Waals surface area contributed by atoms with Crippen LogP contribution in [0.5, 0.6) is 0 Å². The largest absolute Gasteiger partial charge is 0.356 e. The van der Waals surface area contributed by atoms with Gasteiger partial charge in [0.2, 0.25) is 5.95 Å². The second-order valence-corrected chi connectivity index (χ2v) is 3.48. The van der Waals surface area contributed by atoms with Crippen molar-refractivity contribution >= 4 is 27.5 Å². The van der Waals surface area contributed by atoms with Crippen molar-refractivity contribution in [3.05, 3.63) is 21.8 Å². The van der Waals surface area contributed by atoms with E-state index in [1.54, 1.807) is 6.07 Å². The molecule has 0 atom stereocenters. The number of rotatable bonds is 2. The second-order valence-electron chi connectivity index (χ2n) is 2.58. The lowest BCUT2D eigenvalue weighted by atomic mass is 10.4. The van der Waals surface area contributed by atoms with Crippen LogP contribution < -0.4 is 10.9 Å². The SMILES string of the molecule is CCNc1nc2sccc2c(=O)[nH]1. The average molecular weight is 195 g/mol. The quantitative estimate of drug-likeness (QED) is 0.761. The third kappa shape index (κ3) is 1.42. The number of aromatic amines is 1. The smallest absolute Gasteiger partial charge is 0.261 e. The number of thiophene rings is 1. The zero-order valence-corrected chi connectivity index (χ0v) is 7.94. The highest BCUT2D eigenvalue weighted by molar-refractivity contribution is 7.16. The molecular weight excluding hydrogens is 186 g/mol. The Labute approximate surface area is 78.6 Å². The molecule has 0 spiro atoms. The van der Waals surface area contributed by atoms with E-state index in [4.69, 9.17) is 0 Å². The highest BCUT2D eigenvalue weighted by Gasteiger charge is 2.02. The Morgan fingerprint density at radius 3 is 3.31 bits per heavy atom. The Hall–Kier alpha value is -1.36. The van der Waals surface area contributed by atoms with Crippen LogP contribution in [0.25, 0.3) is 10.2 Å². The Balaban J connectivity index is 2.63. The fourth-order valence-electron chi connectivity index (χ4n) is 1.12. The molecule has 0 aromatic carbocycles. The van der Waals surface area contributed by atoms with Crippen molar-refractivity contribution in [2.24, 2.45) is 0 Å². The third-order valence-corrected chi connectivity index (χ3v) is 2.49. The third-order valence-electron chi connectivity index (χ3n) is 1.68. The molecule has 0 fully saturated rings. The van der Waals surface area contributed by atoms with Gasteiger partial charge in [0.05, 0.1) is 5.39 Å². The molecule has 0 radical (unpaired) electrons. The van der Waals surface area contributed by atoms with E-state index in [1.807, 2.05) is 12.3 Å². The zero-order valence-electron chi connectivity index (χ0n) is 7.13. The van der Waals surface area contributed by atoms with Gasteiger partial charge in [0, 0.05) is 6.54 Å². The molecule has 4 nitrogen and oxygen atoms in total. The van der Waals surface area contributed by atoms with Gasteiger partial charge in [0.15, 0.2) is 0 Å². The van der Waals surface area contributed by atoms with Crippen LogP contribution in [0.3, 0.4) is 0 Å². The first-order valence-corrected chi connectivity index (χ1v) is 4.90. The lowest BCUT2D eigenvalue weighted by Crippen LogP contribution is -2.11. The fourth-order valence-corrected chi connectivity index (χ4v) is 1.88. The molecule has 2 aromatic rings. The van der Waals surface area contributed by atoms with Gasteiger partial charge in [0.1, 0.15) is 4.83 Å². The Morgan fingerprint density at radius 2 is 2.54 bits per heavy atom. The number of anilines is 1. The summed E-state index contributed by atoms with van der Waals surface area (Å²) in [6, 6.07) is 1.78. The summed E-state index contributed by atoms with van der Waals surface area (Å²) in [7, 11) is 0. The van der Waals surface area contributed by atoms with Gasteiger partial charge in [-0.05, 0) is 18.4 Å². The first kappa shape index (κ1) is 8.25. The van der Waals surface area contributed by atoms with Crippen molar-refractivity contribution in [2.45, 2.75) is 6.92 Å². The van der Waals surface area contributed by atoms with E-state index < -0.39 is 0 Å². The van der Waals surface area contributed by atoms with Crippen molar-refractivity contribution in [3.8, 4) is 0 Å². The first-order chi connectivity index (χ1) is 6.31. The van der Waals surface area contributed by atoms with Gasteiger partial charge in [-0.25, -0.2) is 4.98 Å². The normalized spacial score (nSPS) is 10.5. The minimum Gasteiger partial charge on any atom is -0.356 e. The second kappa shape index (κ2) is 3.18. The molecule has 0 bridgehead atoms. The summed E-state index contributed by atoms with van der Waals surface area (Å²) in [4.78, 5) is 19.1. The van der Waals surface area contributed by atoms with Crippen LogP contribution in [0.1, 0.15) is 6.92 Å². The molecule has 68 valence electrons. The number of aromatic nitrogens is 2. The van der Waals surface area contributed by atoms with Crippen LogP contribution in [0.4, 0.5) is 5.95 Å². The van der Waals surface area contributed by atoms with Crippen LogP contribution in [-0.4, -0.2) is 16.5 Å². The molecule has 0 saturated heterocycles. The molecule has 0 aliphatic heterocycles. The Morgan fingerprint density at radius 1 is 1.69 bits per heavy atom. The summed E-state index contributed by atoms with van der Waals surface area (Å²) >= 11 is 1.47. The van der Waals surface area contributed by atoms with Crippen LogP contribution in [-0.2, 0) is 0 Å². The van der Waals surface area contributed by atoms with Crippen LogP contribution in [0.15, 0.2) is 16.2 Å². The standard InChI is InChI=1S/C8H9N3OS/c1-2-9-8-10-6(12)5-3-4-13-7(5)11-8/h3-4H,2H2,1H3,(H2,9,10,11,12). The minimum absolute atomic E-state index is 0.0813. The van der Waals surface area contributed by atoms with Crippen molar-refractivity contribution in [1.29, 1.82) is 0 Å². The van der Waals surface area contributed by atoms with E-state index in [0.717, 1.165) is 11.4 Å². The Bertz CT molecular complexity index is 473. The van der Waals surface area contributed by atoms with E-state index in [0.29, 0.717) is 11.3 Å². The predicted molar refractivity (Wildman–Crippen MR) is 54.4 cm³/mol. The summed E-state index contributed by atoms with van der Waals surface area (Å²) < 4.78 is 0. The van der Waals surface area contributed by atoms with E-state index in [-0.39, 0.29) is 5.56 Å². The molecule has 0 saturated carbocycles. The van der Waals surface area contributed by atoms with E-state index in [9.17, 15) is 4.79 Å². The Kier molecular flexibility index (Phi) is 2.02. The van der Waals surface area contributed by atoms with Gasteiger partial charge < -0.3 is 5.32 Å². The summed E-state index contributed by atoms with van der Waals surface area (Å²) in [6.45, 7) is 2.71. The lowest BCUT2D eigenvalue weighted by molar-refractivity contribution is 1.09. The molecule has 13 heavy (non-hydrogen) atoms. The van der Waals surface area contributed by atoms with Crippen LogP contribution in [0.2, 0.25) is 0 Å². The van der Waals surface area contributed by atoms with Gasteiger partial charge in [-0.1, -0.05) is 0 Å². The van der Waals surface area contributed by atoms with Crippen molar-refractivity contribution in [2.75, 3.05) is 11.9 Å². The maximum absolute atomic E-state index is 11.4. The van der Waals surface area contributed by atoms with Crippen LogP contribution >= 0.6 is 11.3 Å². The molecule has 0 unspecified atom stereocenters. The molecule has 2 N–H and O–H groups in total. The number of fused-ring (bicyclic) bond motifs is 1. The lowest BCUT2D eigenvalue weighted by Gasteiger charge is -1.99. The fraction of sp³-hybridized carbons (Fsp3) is 0.250. The first-order valence-electron chi connectivity index (χ1n) is 4.02. The molecular formula is C8H9N3OS. The van der Waals surface area contributed by atoms with Crippen molar-refractivity contribution < 1.29 is 0 Å². The highest BCUT2D eigenvalue weighted by Crippen LogP contribution is 2.14. The molecule has 2 rings (SSSR count). The molecule has 5 heteroatoms. The molecule has 0 aliphatic carbocycles. The number of H-pyrrole nitrogens is 1. The monoisotopic (exact) mass is 195 g/mol. The van der Waals surface area contributed by atoms with Gasteiger partial charge in [-0.15, -0.1) is 11.3 Å². The number of nitrogens with one attached hydrogen (secondary N) is 2.